The first-order valence-corrected chi connectivity index (χ1v) is 12.8. The van der Waals surface area contributed by atoms with Crippen LogP contribution in [0.15, 0.2) is 0 Å². The predicted octanol–water partition coefficient (Wildman–Crippen LogP) is -0.563. The Morgan fingerprint density at radius 2 is 0.912 bits per heavy atom. The summed E-state index contributed by atoms with van der Waals surface area (Å²) in [5.41, 5.74) is 0. The summed E-state index contributed by atoms with van der Waals surface area (Å²) in [6.07, 6.45) is 2.32. The number of carbonyl (C=O) groups is 2. The van der Waals surface area contributed by atoms with Crippen LogP contribution in [0.5, 0.6) is 0 Å². The molecule has 0 unspecified atom stereocenters. The lowest BCUT2D eigenvalue weighted by atomic mass is 10.0. The summed E-state index contributed by atoms with van der Waals surface area (Å²) < 4.78 is 0. The Morgan fingerprint density at radius 3 is 1.18 bits per heavy atom. The quantitative estimate of drug-likeness (QED) is 0.141. The first-order valence-electron chi connectivity index (χ1n) is 12.8. The van der Waals surface area contributed by atoms with Crippen molar-refractivity contribution in [2.24, 2.45) is 0 Å². The minimum Gasteiger partial charge on any atom is -0.392 e. The number of hydrogen-bond donors (Lipinski definition) is 6. The summed E-state index contributed by atoms with van der Waals surface area (Å²) in [6, 6.07) is -1.06. The van der Waals surface area contributed by atoms with E-state index in [2.05, 4.69) is 10.6 Å². The molecule has 1 saturated heterocycles. The molecule has 10 heteroatoms. The SMILES string of the molecule is C[C@H](O)CN(CCCC[C@H]1NC(=O)[C@H](CCCCN(C[C@@H](C)O)C[C@@H](C)O)NC1=O)C[C@H](C)O. The van der Waals surface area contributed by atoms with Gasteiger partial charge in [0.25, 0.3) is 0 Å². The van der Waals surface area contributed by atoms with Crippen molar-refractivity contribution in [2.45, 2.75) is 103 Å². The van der Waals surface area contributed by atoms with Crippen molar-refractivity contribution in [3.05, 3.63) is 0 Å². The molecule has 0 aromatic heterocycles. The third kappa shape index (κ3) is 13.6. The summed E-state index contributed by atoms with van der Waals surface area (Å²) in [5.74, 6) is -0.307. The predicted molar refractivity (Wildman–Crippen MR) is 131 cm³/mol. The van der Waals surface area contributed by atoms with E-state index in [1.807, 2.05) is 9.80 Å². The lowest BCUT2D eigenvalue weighted by molar-refractivity contribution is -0.137. The van der Waals surface area contributed by atoms with Crippen molar-refractivity contribution in [3.63, 3.8) is 0 Å². The third-order valence-corrected chi connectivity index (χ3v) is 5.79. The van der Waals surface area contributed by atoms with Gasteiger partial charge >= 0.3 is 0 Å². The smallest absolute Gasteiger partial charge is 0.243 e. The Balaban J connectivity index is 2.34. The molecule has 0 aliphatic carbocycles. The Morgan fingerprint density at radius 1 is 0.618 bits per heavy atom. The van der Waals surface area contributed by atoms with Crippen LogP contribution in [0, 0.1) is 0 Å². The summed E-state index contributed by atoms with van der Waals surface area (Å²) in [4.78, 5) is 29.0. The number of piperazine rings is 1. The maximum atomic E-state index is 12.5. The maximum absolute atomic E-state index is 12.5. The lowest BCUT2D eigenvalue weighted by Crippen LogP contribution is -2.61. The van der Waals surface area contributed by atoms with Crippen LogP contribution in [0.25, 0.3) is 0 Å². The fourth-order valence-electron chi connectivity index (χ4n) is 4.46. The number of nitrogens with one attached hydrogen (secondary N) is 2. The highest BCUT2D eigenvalue weighted by molar-refractivity contribution is 5.96. The van der Waals surface area contributed by atoms with E-state index < -0.39 is 36.5 Å². The van der Waals surface area contributed by atoms with E-state index in [0.717, 1.165) is 25.7 Å². The second kappa shape index (κ2) is 16.4. The van der Waals surface area contributed by atoms with Gasteiger partial charge in [0, 0.05) is 26.2 Å². The summed E-state index contributed by atoms with van der Waals surface area (Å²) >= 11 is 0. The molecule has 1 heterocycles. The molecular formula is C24H48N4O6. The van der Waals surface area contributed by atoms with Gasteiger partial charge in [-0.2, -0.15) is 0 Å². The van der Waals surface area contributed by atoms with Crippen LogP contribution in [0.4, 0.5) is 0 Å². The largest absolute Gasteiger partial charge is 0.392 e. The summed E-state index contributed by atoms with van der Waals surface area (Å²) in [6.45, 7) is 10.2. The first-order chi connectivity index (χ1) is 16.0. The number of aliphatic hydroxyl groups is 4. The van der Waals surface area contributed by atoms with E-state index >= 15 is 0 Å². The van der Waals surface area contributed by atoms with Gasteiger partial charge in [-0.1, -0.05) is 0 Å². The van der Waals surface area contributed by atoms with Gasteiger partial charge in [0.1, 0.15) is 12.1 Å². The van der Waals surface area contributed by atoms with Crippen molar-refractivity contribution < 1.29 is 30.0 Å². The molecule has 0 saturated carbocycles. The van der Waals surface area contributed by atoms with Gasteiger partial charge in [0.2, 0.25) is 11.8 Å². The van der Waals surface area contributed by atoms with E-state index in [0.29, 0.717) is 52.1 Å². The van der Waals surface area contributed by atoms with Gasteiger partial charge < -0.3 is 31.1 Å². The highest BCUT2D eigenvalue weighted by Crippen LogP contribution is 2.12. The second-order valence-corrected chi connectivity index (χ2v) is 10.0. The van der Waals surface area contributed by atoms with Crippen molar-refractivity contribution in [2.75, 3.05) is 39.3 Å². The van der Waals surface area contributed by atoms with Crippen LogP contribution < -0.4 is 10.6 Å². The van der Waals surface area contributed by atoms with Gasteiger partial charge in [-0.25, -0.2) is 0 Å². The number of rotatable bonds is 18. The molecule has 1 rings (SSSR count). The Hall–Kier alpha value is -1.30. The minimum absolute atomic E-state index is 0.153. The highest BCUT2D eigenvalue weighted by Gasteiger charge is 2.32. The number of aliphatic hydroxyl groups excluding tert-OH is 4. The topological polar surface area (TPSA) is 146 Å². The van der Waals surface area contributed by atoms with E-state index in [1.165, 1.54) is 0 Å². The number of hydrogen-bond acceptors (Lipinski definition) is 8. The average Bonchev–Trinajstić information content (AvgIpc) is 2.69. The van der Waals surface area contributed by atoms with Crippen LogP contribution in [0.1, 0.15) is 66.2 Å². The van der Waals surface area contributed by atoms with E-state index in [9.17, 15) is 30.0 Å². The van der Waals surface area contributed by atoms with Crippen molar-refractivity contribution >= 4 is 11.8 Å². The van der Waals surface area contributed by atoms with Crippen LogP contribution in [0.2, 0.25) is 0 Å². The normalized spacial score (nSPS) is 22.4. The van der Waals surface area contributed by atoms with E-state index in [4.69, 9.17) is 0 Å². The fraction of sp³-hybridized carbons (Fsp3) is 0.917. The summed E-state index contributed by atoms with van der Waals surface area (Å²) in [7, 11) is 0. The molecule has 0 spiro atoms. The molecule has 1 fully saturated rings. The average molecular weight is 489 g/mol. The number of unbranched alkanes of at least 4 members (excludes halogenated alkanes) is 2. The molecule has 6 N–H and O–H groups in total. The second-order valence-electron chi connectivity index (χ2n) is 10.0. The molecular weight excluding hydrogens is 440 g/mol. The first kappa shape index (κ1) is 30.7. The zero-order valence-electron chi connectivity index (χ0n) is 21.4. The van der Waals surface area contributed by atoms with Crippen LogP contribution in [0.3, 0.4) is 0 Å². The van der Waals surface area contributed by atoms with Gasteiger partial charge in [0.15, 0.2) is 0 Å². The molecule has 0 aromatic carbocycles. The zero-order chi connectivity index (χ0) is 25.7. The van der Waals surface area contributed by atoms with Gasteiger partial charge in [-0.15, -0.1) is 0 Å². The van der Waals surface area contributed by atoms with Gasteiger partial charge in [-0.3, -0.25) is 19.4 Å². The van der Waals surface area contributed by atoms with Gasteiger partial charge in [0.05, 0.1) is 24.4 Å². The van der Waals surface area contributed by atoms with E-state index in [-0.39, 0.29) is 11.8 Å². The van der Waals surface area contributed by atoms with Gasteiger partial charge in [-0.05, 0) is 79.3 Å². The van der Waals surface area contributed by atoms with Crippen molar-refractivity contribution in [1.82, 2.24) is 20.4 Å². The van der Waals surface area contributed by atoms with Crippen molar-refractivity contribution in [1.29, 1.82) is 0 Å². The summed E-state index contributed by atoms with van der Waals surface area (Å²) in [5, 5.41) is 44.1. The fourth-order valence-corrected chi connectivity index (χ4v) is 4.46. The Kier molecular flexibility index (Phi) is 14.8. The number of nitrogens with zero attached hydrogens (tertiary/aromatic N) is 2. The van der Waals surface area contributed by atoms with Crippen LogP contribution in [-0.4, -0.2) is 118 Å². The minimum atomic E-state index is -0.529. The van der Waals surface area contributed by atoms with E-state index in [1.54, 1.807) is 27.7 Å². The molecule has 34 heavy (non-hydrogen) atoms. The highest BCUT2D eigenvalue weighted by atomic mass is 16.3. The monoisotopic (exact) mass is 488 g/mol. The molecule has 0 bridgehead atoms. The molecule has 10 nitrogen and oxygen atoms in total. The standard InChI is InChI=1S/C24H48N4O6/c1-17(29)13-27(14-18(2)30)11-7-5-9-21-23(33)26-22(24(34)25-21)10-6-8-12-28(15-19(3)31)16-20(4)32/h17-22,29-32H,5-16H2,1-4H3,(H,25,34)(H,26,33)/t17-,18-,19+,20+,21+,22-. The Bertz CT molecular complexity index is 518. The van der Waals surface area contributed by atoms with Crippen LogP contribution >= 0.6 is 0 Å². The molecule has 0 radical (unpaired) electrons. The number of amides is 2. The van der Waals surface area contributed by atoms with Crippen LogP contribution in [-0.2, 0) is 9.59 Å². The molecule has 200 valence electrons. The van der Waals surface area contributed by atoms with Crippen molar-refractivity contribution in [3.8, 4) is 0 Å². The molecule has 6 atom stereocenters. The molecule has 2 amide bonds. The lowest BCUT2D eigenvalue weighted by Gasteiger charge is -2.30. The number of carbonyl (C=O) groups excluding carboxylic acids is 2. The Labute approximate surface area is 204 Å². The maximum Gasteiger partial charge on any atom is 0.243 e. The third-order valence-electron chi connectivity index (χ3n) is 5.79. The molecule has 1 aliphatic heterocycles. The zero-order valence-corrected chi connectivity index (χ0v) is 21.4. The molecule has 1 aliphatic rings. The molecule has 0 aromatic rings.